The van der Waals surface area contributed by atoms with Crippen molar-refractivity contribution in [3.8, 4) is 0 Å². The summed E-state index contributed by atoms with van der Waals surface area (Å²) in [6.45, 7) is 1.52. The summed E-state index contributed by atoms with van der Waals surface area (Å²) >= 11 is 2.15. The van der Waals surface area contributed by atoms with Crippen molar-refractivity contribution in [3.05, 3.63) is 62.1 Å². The molecule has 3 aromatic rings. The van der Waals surface area contributed by atoms with E-state index >= 15 is 0 Å². The molecule has 30 heavy (non-hydrogen) atoms. The number of nitrogens with two attached hydrogens (primary N) is 1. The third kappa shape index (κ3) is 4.52. The van der Waals surface area contributed by atoms with Crippen LogP contribution in [0, 0.1) is 3.57 Å². The van der Waals surface area contributed by atoms with Crippen molar-refractivity contribution in [2.75, 3.05) is 23.3 Å². The van der Waals surface area contributed by atoms with Gasteiger partial charge in [0.05, 0.1) is 16.6 Å². The van der Waals surface area contributed by atoms with Crippen molar-refractivity contribution in [2.24, 2.45) is 5.73 Å². The van der Waals surface area contributed by atoms with E-state index in [1.54, 1.807) is 6.20 Å². The van der Waals surface area contributed by atoms with Gasteiger partial charge in [0.2, 0.25) is 0 Å². The first kappa shape index (κ1) is 22.7. The van der Waals surface area contributed by atoms with E-state index in [2.05, 4.69) is 37.8 Å². The Hall–Kier alpha value is -1.98. The Morgan fingerprint density at radius 2 is 1.90 bits per heavy atom. The second-order valence-electron chi connectivity index (χ2n) is 7.08. The van der Waals surface area contributed by atoms with Crippen LogP contribution in [-0.4, -0.2) is 24.1 Å². The van der Waals surface area contributed by atoms with Gasteiger partial charge in [0, 0.05) is 45.7 Å². The molecule has 0 bridgehead atoms. The fourth-order valence-corrected chi connectivity index (χ4v) is 4.12. The lowest BCUT2D eigenvalue weighted by atomic mass is 10.1. The van der Waals surface area contributed by atoms with Gasteiger partial charge in [-0.2, -0.15) is 13.2 Å². The molecule has 5 nitrogen and oxygen atoms in total. The van der Waals surface area contributed by atoms with Gasteiger partial charge in [0.1, 0.15) is 0 Å². The highest BCUT2D eigenvalue weighted by Crippen LogP contribution is 2.34. The molecule has 0 aliphatic carbocycles. The summed E-state index contributed by atoms with van der Waals surface area (Å²) in [6, 6.07) is 8.65. The molecule has 1 fully saturated rings. The second kappa shape index (κ2) is 8.64. The standard InChI is InChI=1S/C20H18F3IN4O.ClH/c21-20(22,23)11-1-3-13(4-2-11)27-17-8-14(28-6-5-12(25)10-28)7-15-16(24)9-26-19(29)18(15)17;/h1-4,7-9,12,27H,5-6,10,25H2,(H,26,29);1H. The minimum atomic E-state index is -4.40. The molecule has 4 N–H and O–H groups in total. The molecule has 1 aliphatic rings. The zero-order chi connectivity index (χ0) is 20.8. The van der Waals surface area contributed by atoms with Gasteiger partial charge in [-0.25, -0.2) is 0 Å². The summed E-state index contributed by atoms with van der Waals surface area (Å²) in [5, 5.41) is 4.36. The topological polar surface area (TPSA) is 74.2 Å². The van der Waals surface area contributed by atoms with Crippen LogP contribution in [0.15, 0.2) is 47.4 Å². The molecule has 1 atom stereocenters. The Morgan fingerprint density at radius 3 is 2.50 bits per heavy atom. The average molecular weight is 551 g/mol. The highest BCUT2D eigenvalue weighted by molar-refractivity contribution is 14.1. The monoisotopic (exact) mass is 550 g/mol. The summed E-state index contributed by atoms with van der Waals surface area (Å²) in [6.07, 6.45) is -1.87. The molecule has 1 aliphatic heterocycles. The predicted molar refractivity (Wildman–Crippen MR) is 124 cm³/mol. The first-order valence-electron chi connectivity index (χ1n) is 9.02. The molecule has 0 saturated carbocycles. The molecule has 2 aromatic carbocycles. The molecular formula is C20H19ClF3IN4O. The minimum absolute atomic E-state index is 0. The van der Waals surface area contributed by atoms with E-state index < -0.39 is 11.7 Å². The average Bonchev–Trinajstić information content (AvgIpc) is 3.10. The molecular weight excluding hydrogens is 532 g/mol. The number of rotatable bonds is 3. The molecule has 0 radical (unpaired) electrons. The molecule has 1 unspecified atom stereocenters. The maximum atomic E-state index is 12.8. The van der Waals surface area contributed by atoms with Gasteiger partial charge in [0.15, 0.2) is 0 Å². The lowest BCUT2D eigenvalue weighted by Crippen LogP contribution is -2.26. The fraction of sp³-hybridized carbons (Fsp3) is 0.250. The summed E-state index contributed by atoms with van der Waals surface area (Å²) in [4.78, 5) is 17.4. The minimum Gasteiger partial charge on any atom is -0.370 e. The number of H-pyrrole nitrogens is 1. The van der Waals surface area contributed by atoms with Crippen LogP contribution in [-0.2, 0) is 6.18 Å². The van der Waals surface area contributed by atoms with E-state index in [0.717, 1.165) is 39.7 Å². The summed E-state index contributed by atoms with van der Waals surface area (Å²) in [5.41, 5.74) is 6.97. The number of alkyl halides is 3. The zero-order valence-corrected chi connectivity index (χ0v) is 18.6. The van der Waals surface area contributed by atoms with E-state index in [1.165, 1.54) is 12.1 Å². The number of pyridine rings is 1. The first-order valence-corrected chi connectivity index (χ1v) is 10.1. The van der Waals surface area contributed by atoms with Crippen molar-refractivity contribution < 1.29 is 13.2 Å². The van der Waals surface area contributed by atoms with Gasteiger partial charge < -0.3 is 20.9 Å². The first-order chi connectivity index (χ1) is 13.7. The van der Waals surface area contributed by atoms with Crippen LogP contribution < -0.4 is 21.5 Å². The smallest absolute Gasteiger partial charge is 0.370 e. The third-order valence-corrected chi connectivity index (χ3v) is 5.91. The van der Waals surface area contributed by atoms with Crippen LogP contribution in [0.1, 0.15) is 12.0 Å². The molecule has 2 heterocycles. The zero-order valence-electron chi connectivity index (χ0n) is 15.6. The van der Waals surface area contributed by atoms with Crippen molar-refractivity contribution in [1.29, 1.82) is 0 Å². The number of benzene rings is 2. The number of nitrogens with one attached hydrogen (secondary N) is 2. The normalized spacial score (nSPS) is 16.6. The number of aromatic nitrogens is 1. The number of fused-ring (bicyclic) bond motifs is 1. The van der Waals surface area contributed by atoms with Gasteiger partial charge in [0.25, 0.3) is 5.56 Å². The van der Waals surface area contributed by atoms with Crippen molar-refractivity contribution in [2.45, 2.75) is 18.6 Å². The van der Waals surface area contributed by atoms with Gasteiger partial charge in [-0.05, 0) is 65.4 Å². The van der Waals surface area contributed by atoms with E-state index in [1.807, 2.05) is 12.1 Å². The Labute approximate surface area is 190 Å². The predicted octanol–water partition coefficient (Wildman–Crippen LogP) is 4.85. The van der Waals surface area contributed by atoms with Crippen LogP contribution in [0.2, 0.25) is 0 Å². The van der Waals surface area contributed by atoms with Crippen molar-refractivity contribution in [1.82, 2.24) is 4.98 Å². The van der Waals surface area contributed by atoms with Gasteiger partial charge in [-0.15, -0.1) is 12.4 Å². The molecule has 10 heteroatoms. The van der Waals surface area contributed by atoms with Crippen LogP contribution in [0.5, 0.6) is 0 Å². The van der Waals surface area contributed by atoms with Crippen LogP contribution in [0.4, 0.5) is 30.2 Å². The summed E-state index contributed by atoms with van der Waals surface area (Å²) in [5.74, 6) is 0. The Morgan fingerprint density at radius 1 is 1.20 bits per heavy atom. The lowest BCUT2D eigenvalue weighted by Gasteiger charge is -2.21. The maximum Gasteiger partial charge on any atom is 0.416 e. The van der Waals surface area contributed by atoms with E-state index in [0.29, 0.717) is 23.3 Å². The van der Waals surface area contributed by atoms with Gasteiger partial charge in [-0.3, -0.25) is 4.79 Å². The Bertz CT molecular complexity index is 1120. The van der Waals surface area contributed by atoms with Crippen LogP contribution in [0.3, 0.4) is 0 Å². The number of hydrogen-bond acceptors (Lipinski definition) is 4. The highest BCUT2D eigenvalue weighted by Gasteiger charge is 2.30. The summed E-state index contributed by atoms with van der Waals surface area (Å²) in [7, 11) is 0. The van der Waals surface area contributed by atoms with E-state index in [-0.39, 0.29) is 24.0 Å². The molecule has 0 amide bonds. The number of halogens is 5. The van der Waals surface area contributed by atoms with E-state index in [9.17, 15) is 18.0 Å². The quantitative estimate of drug-likeness (QED) is 0.408. The van der Waals surface area contributed by atoms with Gasteiger partial charge >= 0.3 is 6.18 Å². The van der Waals surface area contributed by atoms with Crippen molar-refractivity contribution in [3.63, 3.8) is 0 Å². The van der Waals surface area contributed by atoms with Gasteiger partial charge in [-0.1, -0.05) is 0 Å². The Balaban J connectivity index is 0.00000256. The highest BCUT2D eigenvalue weighted by atomic mass is 127. The lowest BCUT2D eigenvalue weighted by molar-refractivity contribution is -0.137. The SMILES string of the molecule is Cl.NC1CCN(c2cc(Nc3ccc(C(F)(F)F)cc3)c3c(=O)[nH]cc(I)c3c2)C1. The number of aromatic amines is 1. The van der Waals surface area contributed by atoms with Crippen molar-refractivity contribution >= 4 is 62.8 Å². The van der Waals surface area contributed by atoms with Crippen LogP contribution >= 0.6 is 35.0 Å². The van der Waals surface area contributed by atoms with E-state index in [4.69, 9.17) is 5.73 Å². The largest absolute Gasteiger partial charge is 0.416 e. The molecule has 1 aromatic heterocycles. The number of hydrogen-bond donors (Lipinski definition) is 3. The third-order valence-electron chi connectivity index (χ3n) is 5.02. The number of nitrogens with zero attached hydrogens (tertiary/aromatic N) is 1. The number of anilines is 3. The second-order valence-corrected chi connectivity index (χ2v) is 8.24. The molecule has 1 saturated heterocycles. The molecule has 0 spiro atoms. The fourth-order valence-electron chi connectivity index (χ4n) is 3.54. The molecule has 160 valence electrons. The Kier molecular flexibility index (Phi) is 6.54. The van der Waals surface area contributed by atoms with Crippen LogP contribution in [0.25, 0.3) is 10.8 Å². The summed E-state index contributed by atoms with van der Waals surface area (Å²) < 4.78 is 39.4. The molecule has 4 rings (SSSR count). The maximum absolute atomic E-state index is 12.8.